The first-order chi connectivity index (χ1) is 9.86. The van der Waals surface area contributed by atoms with E-state index in [2.05, 4.69) is 57.7 Å². The van der Waals surface area contributed by atoms with Gasteiger partial charge in [0.15, 0.2) is 0 Å². The molecule has 0 aliphatic carbocycles. The van der Waals surface area contributed by atoms with Crippen molar-refractivity contribution < 1.29 is 4.74 Å². The zero-order valence-corrected chi connectivity index (χ0v) is 14.4. The van der Waals surface area contributed by atoms with Gasteiger partial charge >= 0.3 is 0 Å². The summed E-state index contributed by atoms with van der Waals surface area (Å²) in [6.45, 7) is 15.5. The Bertz CT molecular complexity index is 461. The maximum absolute atomic E-state index is 6.14. The summed E-state index contributed by atoms with van der Waals surface area (Å²) in [5.41, 5.74) is 2.70. The predicted molar refractivity (Wildman–Crippen MR) is 90.2 cm³/mol. The normalized spacial score (nSPS) is 20.5. The summed E-state index contributed by atoms with van der Waals surface area (Å²) in [6, 6.07) is 6.58. The van der Waals surface area contributed by atoms with Crippen LogP contribution in [0.25, 0.3) is 0 Å². The summed E-state index contributed by atoms with van der Waals surface area (Å²) in [4.78, 5) is 2.54. The lowest BCUT2D eigenvalue weighted by atomic mass is 9.86. The SMILES string of the molecule is Cc1ccc(C(C)(C)C)c(OCCN2CCC[C@@H](C)C2)c1. The van der Waals surface area contributed by atoms with E-state index < -0.39 is 0 Å². The molecule has 2 nitrogen and oxygen atoms in total. The molecular weight excluding hydrogens is 258 g/mol. The minimum Gasteiger partial charge on any atom is -0.492 e. The molecule has 0 aromatic heterocycles. The van der Waals surface area contributed by atoms with E-state index in [0.29, 0.717) is 0 Å². The van der Waals surface area contributed by atoms with Crippen molar-refractivity contribution in [2.45, 2.75) is 52.9 Å². The lowest BCUT2D eigenvalue weighted by Gasteiger charge is -2.31. The van der Waals surface area contributed by atoms with Gasteiger partial charge in [-0.05, 0) is 54.8 Å². The molecule has 1 aromatic carbocycles. The van der Waals surface area contributed by atoms with Crippen LogP contribution in [0.1, 0.15) is 51.7 Å². The number of ether oxygens (including phenoxy) is 1. The summed E-state index contributed by atoms with van der Waals surface area (Å²) in [5, 5.41) is 0. The van der Waals surface area contributed by atoms with Crippen molar-refractivity contribution in [2.24, 2.45) is 5.92 Å². The Balaban J connectivity index is 1.95. The molecule has 1 fully saturated rings. The number of hydrogen-bond acceptors (Lipinski definition) is 2. The van der Waals surface area contributed by atoms with Gasteiger partial charge in [-0.1, -0.05) is 39.8 Å². The molecule has 0 radical (unpaired) electrons. The van der Waals surface area contributed by atoms with Crippen molar-refractivity contribution in [3.8, 4) is 5.75 Å². The van der Waals surface area contributed by atoms with Crippen LogP contribution in [0, 0.1) is 12.8 Å². The maximum Gasteiger partial charge on any atom is 0.123 e. The maximum atomic E-state index is 6.14. The summed E-state index contributed by atoms with van der Waals surface area (Å²) in [6.07, 6.45) is 2.71. The summed E-state index contributed by atoms with van der Waals surface area (Å²) in [5.74, 6) is 1.90. The van der Waals surface area contributed by atoms with E-state index in [4.69, 9.17) is 4.74 Å². The van der Waals surface area contributed by atoms with Gasteiger partial charge in [0.2, 0.25) is 0 Å². The van der Waals surface area contributed by atoms with E-state index in [9.17, 15) is 0 Å². The Hall–Kier alpha value is -1.02. The Morgan fingerprint density at radius 2 is 2.05 bits per heavy atom. The standard InChI is InChI=1S/C19H31NO/c1-15-8-9-17(19(3,4)5)18(13-15)21-12-11-20-10-6-7-16(2)14-20/h8-9,13,16H,6-7,10-12,14H2,1-5H3/t16-/m1/s1. The van der Waals surface area contributed by atoms with Gasteiger partial charge in [0.25, 0.3) is 0 Å². The highest BCUT2D eigenvalue weighted by molar-refractivity contribution is 5.41. The average molecular weight is 289 g/mol. The van der Waals surface area contributed by atoms with Gasteiger partial charge in [-0.3, -0.25) is 4.90 Å². The minimum absolute atomic E-state index is 0.128. The topological polar surface area (TPSA) is 12.5 Å². The average Bonchev–Trinajstić information content (AvgIpc) is 2.37. The number of hydrogen-bond donors (Lipinski definition) is 0. The second-order valence-electron chi connectivity index (χ2n) is 7.65. The third kappa shape index (κ3) is 4.74. The highest BCUT2D eigenvalue weighted by Gasteiger charge is 2.20. The smallest absolute Gasteiger partial charge is 0.123 e. The molecule has 0 spiro atoms. The first-order valence-electron chi connectivity index (χ1n) is 8.32. The molecule has 1 atom stereocenters. The third-order valence-electron chi connectivity index (χ3n) is 4.35. The Morgan fingerprint density at radius 3 is 2.71 bits per heavy atom. The molecule has 0 unspecified atom stereocenters. The van der Waals surface area contributed by atoms with E-state index in [1.54, 1.807) is 0 Å². The monoisotopic (exact) mass is 289 g/mol. The van der Waals surface area contributed by atoms with Gasteiger partial charge in [-0.25, -0.2) is 0 Å². The number of benzene rings is 1. The third-order valence-corrected chi connectivity index (χ3v) is 4.35. The molecule has 21 heavy (non-hydrogen) atoms. The van der Waals surface area contributed by atoms with E-state index in [1.165, 1.54) is 37.1 Å². The van der Waals surface area contributed by atoms with Crippen LogP contribution in [0.4, 0.5) is 0 Å². The fraction of sp³-hybridized carbons (Fsp3) is 0.684. The Labute approximate surface area is 130 Å². The van der Waals surface area contributed by atoms with Crippen LogP contribution in [-0.2, 0) is 5.41 Å². The molecule has 0 amide bonds. The molecular formula is C19H31NO. The highest BCUT2D eigenvalue weighted by Crippen LogP contribution is 2.32. The molecule has 1 heterocycles. The van der Waals surface area contributed by atoms with Crippen LogP contribution in [0.5, 0.6) is 5.75 Å². The van der Waals surface area contributed by atoms with Crippen LogP contribution < -0.4 is 4.74 Å². The van der Waals surface area contributed by atoms with Crippen LogP contribution >= 0.6 is 0 Å². The van der Waals surface area contributed by atoms with Crippen LogP contribution in [0.15, 0.2) is 18.2 Å². The summed E-state index contributed by atoms with van der Waals surface area (Å²) < 4.78 is 6.14. The van der Waals surface area contributed by atoms with Crippen molar-refractivity contribution in [1.29, 1.82) is 0 Å². The lowest BCUT2D eigenvalue weighted by Crippen LogP contribution is -2.37. The van der Waals surface area contributed by atoms with Crippen molar-refractivity contribution >= 4 is 0 Å². The van der Waals surface area contributed by atoms with Gasteiger partial charge in [0.1, 0.15) is 12.4 Å². The zero-order valence-electron chi connectivity index (χ0n) is 14.4. The number of aryl methyl sites for hydroxylation is 1. The van der Waals surface area contributed by atoms with Crippen molar-refractivity contribution in [3.05, 3.63) is 29.3 Å². The van der Waals surface area contributed by atoms with Crippen molar-refractivity contribution in [3.63, 3.8) is 0 Å². The fourth-order valence-electron chi connectivity index (χ4n) is 3.14. The number of piperidine rings is 1. The molecule has 2 heteroatoms. The fourth-order valence-corrected chi connectivity index (χ4v) is 3.14. The predicted octanol–water partition coefficient (Wildman–Crippen LogP) is 4.40. The Kier molecular flexibility index (Phi) is 5.32. The van der Waals surface area contributed by atoms with Crippen LogP contribution in [0.3, 0.4) is 0 Å². The van der Waals surface area contributed by atoms with Gasteiger partial charge in [0.05, 0.1) is 0 Å². The molecule has 0 bridgehead atoms. The summed E-state index contributed by atoms with van der Waals surface area (Å²) in [7, 11) is 0. The van der Waals surface area contributed by atoms with Crippen LogP contribution in [-0.4, -0.2) is 31.1 Å². The number of rotatable bonds is 4. The number of likely N-dealkylation sites (tertiary alicyclic amines) is 1. The largest absolute Gasteiger partial charge is 0.492 e. The molecule has 2 rings (SSSR count). The van der Waals surface area contributed by atoms with Gasteiger partial charge in [-0.15, -0.1) is 0 Å². The van der Waals surface area contributed by atoms with E-state index in [-0.39, 0.29) is 5.41 Å². The first kappa shape index (κ1) is 16.4. The summed E-state index contributed by atoms with van der Waals surface area (Å²) >= 11 is 0. The van der Waals surface area contributed by atoms with E-state index in [0.717, 1.165) is 24.8 Å². The lowest BCUT2D eigenvalue weighted by molar-refractivity contribution is 0.153. The first-order valence-corrected chi connectivity index (χ1v) is 8.32. The van der Waals surface area contributed by atoms with Gasteiger partial charge < -0.3 is 4.74 Å². The zero-order chi connectivity index (χ0) is 15.5. The molecule has 0 saturated carbocycles. The second kappa shape index (κ2) is 6.83. The molecule has 0 N–H and O–H groups in total. The molecule has 1 aliphatic heterocycles. The quantitative estimate of drug-likeness (QED) is 0.814. The molecule has 1 saturated heterocycles. The molecule has 1 aliphatic rings. The molecule has 1 aromatic rings. The van der Waals surface area contributed by atoms with Gasteiger partial charge in [-0.2, -0.15) is 0 Å². The number of nitrogens with zero attached hydrogens (tertiary/aromatic N) is 1. The van der Waals surface area contributed by atoms with Crippen molar-refractivity contribution in [2.75, 3.05) is 26.2 Å². The van der Waals surface area contributed by atoms with Gasteiger partial charge in [0, 0.05) is 13.1 Å². The minimum atomic E-state index is 0.128. The highest BCUT2D eigenvalue weighted by atomic mass is 16.5. The van der Waals surface area contributed by atoms with E-state index in [1.807, 2.05) is 0 Å². The van der Waals surface area contributed by atoms with E-state index >= 15 is 0 Å². The van der Waals surface area contributed by atoms with Crippen LogP contribution in [0.2, 0.25) is 0 Å². The van der Waals surface area contributed by atoms with Crippen molar-refractivity contribution in [1.82, 2.24) is 4.90 Å². The Morgan fingerprint density at radius 1 is 1.29 bits per heavy atom. The second-order valence-corrected chi connectivity index (χ2v) is 7.65. The molecule has 118 valence electrons.